The van der Waals surface area contributed by atoms with Gasteiger partial charge in [-0.05, 0) is 71.0 Å². The van der Waals surface area contributed by atoms with Crippen molar-refractivity contribution >= 4 is 5.97 Å². The zero-order valence-electron chi connectivity index (χ0n) is 16.4. The van der Waals surface area contributed by atoms with Gasteiger partial charge in [0.1, 0.15) is 0 Å². The van der Waals surface area contributed by atoms with Crippen LogP contribution in [0.1, 0.15) is 103 Å². The summed E-state index contributed by atoms with van der Waals surface area (Å²) >= 11 is 0. The van der Waals surface area contributed by atoms with Crippen molar-refractivity contribution in [3.8, 4) is 0 Å². The van der Waals surface area contributed by atoms with Crippen LogP contribution in [0, 0.1) is 0 Å². The molecule has 1 fully saturated rings. The molecule has 1 saturated heterocycles. The molecule has 0 spiro atoms. The molecule has 1 aliphatic rings. The standard InChI is InChI=1S/C22H41NO2/c24-22(25)18-14-12-10-8-6-4-2-1-3-5-7-9-11-13-15-19-23-20-16-17-21-23/h1-2H,3-21H2,(H,24,25)/b2-1-. The number of rotatable bonds is 17. The maximum Gasteiger partial charge on any atom is 0.303 e. The van der Waals surface area contributed by atoms with Gasteiger partial charge in [-0.1, -0.05) is 57.1 Å². The number of carboxylic acid groups (broad SMARTS) is 1. The van der Waals surface area contributed by atoms with Gasteiger partial charge in [0.05, 0.1) is 0 Å². The van der Waals surface area contributed by atoms with Crippen molar-refractivity contribution in [2.24, 2.45) is 0 Å². The predicted octanol–water partition coefficient (Wildman–Crippen LogP) is 6.18. The monoisotopic (exact) mass is 351 g/mol. The summed E-state index contributed by atoms with van der Waals surface area (Å²) in [6, 6.07) is 0. The van der Waals surface area contributed by atoms with Crippen LogP contribution in [0.3, 0.4) is 0 Å². The van der Waals surface area contributed by atoms with E-state index in [4.69, 9.17) is 5.11 Å². The van der Waals surface area contributed by atoms with E-state index in [9.17, 15) is 4.79 Å². The molecule has 25 heavy (non-hydrogen) atoms. The van der Waals surface area contributed by atoms with E-state index in [0.29, 0.717) is 6.42 Å². The van der Waals surface area contributed by atoms with E-state index in [1.807, 2.05) is 0 Å². The van der Waals surface area contributed by atoms with Crippen LogP contribution in [-0.4, -0.2) is 35.6 Å². The van der Waals surface area contributed by atoms with Gasteiger partial charge in [-0.25, -0.2) is 0 Å². The van der Waals surface area contributed by atoms with Crippen LogP contribution in [-0.2, 0) is 4.79 Å². The van der Waals surface area contributed by atoms with E-state index in [1.165, 1.54) is 103 Å². The van der Waals surface area contributed by atoms with E-state index in [2.05, 4.69) is 17.1 Å². The van der Waals surface area contributed by atoms with Crippen molar-refractivity contribution < 1.29 is 9.90 Å². The number of carbonyl (C=O) groups is 1. The molecule has 0 radical (unpaired) electrons. The highest BCUT2D eigenvalue weighted by Crippen LogP contribution is 2.12. The molecule has 1 rings (SSSR count). The number of hydrogen-bond donors (Lipinski definition) is 1. The highest BCUT2D eigenvalue weighted by Gasteiger charge is 2.09. The van der Waals surface area contributed by atoms with Crippen molar-refractivity contribution in [1.82, 2.24) is 4.90 Å². The molecule has 0 amide bonds. The summed E-state index contributed by atoms with van der Waals surface area (Å²) in [5, 5.41) is 8.56. The Morgan fingerprint density at radius 2 is 1.20 bits per heavy atom. The molecule has 3 nitrogen and oxygen atoms in total. The van der Waals surface area contributed by atoms with Gasteiger partial charge in [-0.2, -0.15) is 0 Å². The first-order valence-corrected chi connectivity index (χ1v) is 10.9. The molecule has 0 saturated carbocycles. The Balaban J connectivity index is 1.70. The lowest BCUT2D eigenvalue weighted by atomic mass is 10.1. The predicted molar refractivity (Wildman–Crippen MR) is 107 cm³/mol. The second-order valence-corrected chi connectivity index (χ2v) is 7.63. The normalized spacial score (nSPS) is 15.4. The molecule has 0 aromatic heterocycles. The smallest absolute Gasteiger partial charge is 0.303 e. The van der Waals surface area contributed by atoms with Crippen molar-refractivity contribution in [1.29, 1.82) is 0 Å². The zero-order valence-corrected chi connectivity index (χ0v) is 16.4. The molecule has 0 bridgehead atoms. The highest BCUT2D eigenvalue weighted by molar-refractivity contribution is 5.66. The molecule has 1 N–H and O–H groups in total. The third-order valence-corrected chi connectivity index (χ3v) is 5.22. The van der Waals surface area contributed by atoms with Gasteiger partial charge in [-0.3, -0.25) is 4.79 Å². The first-order chi connectivity index (χ1) is 12.3. The van der Waals surface area contributed by atoms with Crippen LogP contribution >= 0.6 is 0 Å². The number of nitrogens with zero attached hydrogens (tertiary/aromatic N) is 1. The van der Waals surface area contributed by atoms with Crippen molar-refractivity contribution in [3.63, 3.8) is 0 Å². The molecule has 0 aromatic rings. The first-order valence-electron chi connectivity index (χ1n) is 10.9. The first kappa shape index (κ1) is 22.2. The van der Waals surface area contributed by atoms with Crippen LogP contribution in [0.15, 0.2) is 12.2 Å². The Morgan fingerprint density at radius 3 is 1.76 bits per heavy atom. The summed E-state index contributed by atoms with van der Waals surface area (Å²) in [5.74, 6) is -0.662. The van der Waals surface area contributed by atoms with Gasteiger partial charge in [0, 0.05) is 6.42 Å². The molecule has 146 valence electrons. The minimum Gasteiger partial charge on any atom is -0.481 e. The molecule has 0 aliphatic carbocycles. The Hall–Kier alpha value is -0.830. The Labute approximate surface area is 155 Å². The van der Waals surface area contributed by atoms with Gasteiger partial charge >= 0.3 is 5.97 Å². The molecule has 1 heterocycles. The van der Waals surface area contributed by atoms with Gasteiger partial charge in [0.15, 0.2) is 0 Å². The fourth-order valence-corrected chi connectivity index (χ4v) is 3.62. The number of likely N-dealkylation sites (tertiary alicyclic amines) is 1. The minimum atomic E-state index is -0.662. The van der Waals surface area contributed by atoms with Gasteiger partial charge < -0.3 is 10.0 Å². The number of unbranched alkanes of at least 4 members (excludes halogenated alkanes) is 11. The lowest BCUT2D eigenvalue weighted by Crippen LogP contribution is -2.20. The number of carboxylic acids is 1. The van der Waals surface area contributed by atoms with Crippen molar-refractivity contribution in [2.45, 2.75) is 103 Å². The van der Waals surface area contributed by atoms with E-state index < -0.39 is 5.97 Å². The maximum atomic E-state index is 10.4. The largest absolute Gasteiger partial charge is 0.481 e. The van der Waals surface area contributed by atoms with Gasteiger partial charge in [0.2, 0.25) is 0 Å². The molecule has 3 heteroatoms. The SMILES string of the molecule is O=C(O)CCCCCCC/C=C\CCCCCCCCN1CCCC1. The average molecular weight is 352 g/mol. The topological polar surface area (TPSA) is 40.5 Å². The summed E-state index contributed by atoms with van der Waals surface area (Å²) < 4.78 is 0. The summed E-state index contributed by atoms with van der Waals surface area (Å²) in [5.41, 5.74) is 0. The second kappa shape index (κ2) is 16.6. The zero-order chi connectivity index (χ0) is 18.0. The molecule has 0 aromatic carbocycles. The third-order valence-electron chi connectivity index (χ3n) is 5.22. The van der Waals surface area contributed by atoms with Crippen molar-refractivity contribution in [2.75, 3.05) is 19.6 Å². The quantitative estimate of drug-likeness (QED) is 0.251. The van der Waals surface area contributed by atoms with Crippen LogP contribution in [0.4, 0.5) is 0 Å². The van der Waals surface area contributed by atoms with E-state index >= 15 is 0 Å². The maximum absolute atomic E-state index is 10.4. The molecule has 0 unspecified atom stereocenters. The summed E-state index contributed by atoms with van der Waals surface area (Å²) in [6.45, 7) is 4.02. The fourth-order valence-electron chi connectivity index (χ4n) is 3.62. The fraction of sp³-hybridized carbons (Fsp3) is 0.864. The molecular weight excluding hydrogens is 310 g/mol. The van der Waals surface area contributed by atoms with Crippen LogP contribution in [0.5, 0.6) is 0 Å². The minimum absolute atomic E-state index is 0.332. The molecule has 0 atom stereocenters. The van der Waals surface area contributed by atoms with E-state index in [0.717, 1.165) is 12.8 Å². The second-order valence-electron chi connectivity index (χ2n) is 7.63. The third kappa shape index (κ3) is 15.2. The molecule has 1 aliphatic heterocycles. The Morgan fingerprint density at radius 1 is 0.720 bits per heavy atom. The summed E-state index contributed by atoms with van der Waals surface area (Å²) in [7, 11) is 0. The summed E-state index contributed by atoms with van der Waals surface area (Å²) in [6.07, 6.45) is 24.2. The lowest BCUT2D eigenvalue weighted by molar-refractivity contribution is -0.137. The highest BCUT2D eigenvalue weighted by atomic mass is 16.4. The molecular formula is C22H41NO2. The Kier molecular flexibility index (Phi) is 14.8. The lowest BCUT2D eigenvalue weighted by Gasteiger charge is -2.13. The van der Waals surface area contributed by atoms with Crippen LogP contribution in [0.25, 0.3) is 0 Å². The van der Waals surface area contributed by atoms with E-state index in [-0.39, 0.29) is 0 Å². The van der Waals surface area contributed by atoms with Crippen LogP contribution < -0.4 is 0 Å². The van der Waals surface area contributed by atoms with Crippen molar-refractivity contribution in [3.05, 3.63) is 12.2 Å². The number of hydrogen-bond acceptors (Lipinski definition) is 2. The van der Waals surface area contributed by atoms with E-state index in [1.54, 1.807) is 0 Å². The average Bonchev–Trinajstić information content (AvgIpc) is 3.11. The number of aliphatic carboxylic acids is 1. The van der Waals surface area contributed by atoms with Crippen LogP contribution in [0.2, 0.25) is 0 Å². The van der Waals surface area contributed by atoms with Gasteiger partial charge in [0.25, 0.3) is 0 Å². The van der Waals surface area contributed by atoms with Gasteiger partial charge in [-0.15, -0.1) is 0 Å². The Bertz CT molecular complexity index is 335. The number of allylic oxidation sites excluding steroid dienone is 2. The summed E-state index contributed by atoms with van der Waals surface area (Å²) in [4.78, 5) is 13.0.